The van der Waals surface area contributed by atoms with Crippen LogP contribution in [0.2, 0.25) is 0 Å². The lowest BCUT2D eigenvalue weighted by Crippen LogP contribution is -2.43. The first-order valence-electron chi connectivity index (χ1n) is 8.89. The summed E-state index contributed by atoms with van der Waals surface area (Å²) >= 11 is 0. The van der Waals surface area contributed by atoms with Crippen molar-refractivity contribution >= 4 is 11.6 Å². The first-order chi connectivity index (χ1) is 12.0. The Labute approximate surface area is 149 Å². The number of benzene rings is 2. The summed E-state index contributed by atoms with van der Waals surface area (Å²) in [5.74, 6) is -0.0208. The van der Waals surface area contributed by atoms with Gasteiger partial charge in [0.05, 0.1) is 6.10 Å². The van der Waals surface area contributed by atoms with Crippen LogP contribution in [0.25, 0.3) is 0 Å². The maximum absolute atomic E-state index is 13.1. The highest BCUT2D eigenvalue weighted by molar-refractivity contribution is 5.95. The molecule has 1 amide bonds. The van der Waals surface area contributed by atoms with E-state index >= 15 is 0 Å². The molecule has 2 aromatic carbocycles. The van der Waals surface area contributed by atoms with Gasteiger partial charge in [0, 0.05) is 18.8 Å². The van der Waals surface area contributed by atoms with Gasteiger partial charge in [-0.05, 0) is 55.5 Å². The van der Waals surface area contributed by atoms with Crippen LogP contribution in [0.15, 0.2) is 48.5 Å². The highest BCUT2D eigenvalue weighted by Crippen LogP contribution is 2.27. The Hall–Kier alpha value is -2.17. The number of aryl methyl sites for hydroxylation is 2. The van der Waals surface area contributed by atoms with Gasteiger partial charge in [-0.25, -0.2) is 0 Å². The maximum atomic E-state index is 13.1. The van der Waals surface area contributed by atoms with Crippen LogP contribution < -0.4 is 5.32 Å². The number of rotatable bonds is 4. The molecule has 0 saturated carbocycles. The normalized spacial score (nSPS) is 17.2. The van der Waals surface area contributed by atoms with Gasteiger partial charge in [-0.2, -0.15) is 0 Å². The van der Waals surface area contributed by atoms with E-state index in [9.17, 15) is 9.90 Å². The minimum atomic E-state index is -0.338. The van der Waals surface area contributed by atoms with Crippen molar-refractivity contribution in [2.75, 3.05) is 18.4 Å². The average Bonchev–Trinajstić information content (AvgIpc) is 2.57. The molecule has 0 bridgehead atoms. The minimum absolute atomic E-state index is 0.0208. The lowest BCUT2D eigenvalue weighted by molar-refractivity contribution is -0.122. The zero-order valence-corrected chi connectivity index (χ0v) is 14.9. The second-order valence-corrected chi connectivity index (χ2v) is 6.95. The Kier molecular flexibility index (Phi) is 5.51. The molecule has 0 radical (unpaired) electrons. The van der Waals surface area contributed by atoms with E-state index in [0.717, 1.165) is 35.5 Å². The predicted octanol–water partition coefficient (Wildman–Crippen LogP) is 3.44. The zero-order chi connectivity index (χ0) is 17.8. The van der Waals surface area contributed by atoms with Crippen molar-refractivity contribution in [3.05, 3.63) is 65.2 Å². The molecule has 4 nitrogen and oxygen atoms in total. The van der Waals surface area contributed by atoms with Gasteiger partial charge in [-0.15, -0.1) is 0 Å². The molecular weight excluding hydrogens is 312 g/mol. The topological polar surface area (TPSA) is 52.6 Å². The van der Waals surface area contributed by atoms with Crippen LogP contribution in [0.3, 0.4) is 0 Å². The average molecular weight is 338 g/mol. The van der Waals surface area contributed by atoms with Gasteiger partial charge in [0.15, 0.2) is 0 Å². The van der Waals surface area contributed by atoms with Gasteiger partial charge in [-0.1, -0.05) is 36.4 Å². The third kappa shape index (κ3) is 4.47. The number of hydrogen-bond donors (Lipinski definition) is 2. The molecule has 2 N–H and O–H groups in total. The van der Waals surface area contributed by atoms with Gasteiger partial charge in [0.1, 0.15) is 6.04 Å². The third-order valence-electron chi connectivity index (χ3n) is 4.72. The van der Waals surface area contributed by atoms with Crippen LogP contribution in [0.5, 0.6) is 0 Å². The van der Waals surface area contributed by atoms with Gasteiger partial charge >= 0.3 is 0 Å². The molecule has 1 unspecified atom stereocenters. The number of aliphatic hydroxyl groups excluding tert-OH is 1. The fourth-order valence-corrected chi connectivity index (χ4v) is 3.56. The second-order valence-electron chi connectivity index (χ2n) is 6.95. The summed E-state index contributed by atoms with van der Waals surface area (Å²) in [4.78, 5) is 15.3. The van der Waals surface area contributed by atoms with Crippen molar-refractivity contribution in [3.8, 4) is 0 Å². The van der Waals surface area contributed by atoms with E-state index in [1.54, 1.807) is 0 Å². The molecule has 1 aliphatic heterocycles. The van der Waals surface area contributed by atoms with Gasteiger partial charge in [-0.3, -0.25) is 9.69 Å². The van der Waals surface area contributed by atoms with E-state index in [-0.39, 0.29) is 18.1 Å². The van der Waals surface area contributed by atoms with E-state index in [1.165, 1.54) is 0 Å². The van der Waals surface area contributed by atoms with E-state index in [2.05, 4.69) is 16.3 Å². The number of carbonyl (C=O) groups is 1. The van der Waals surface area contributed by atoms with E-state index < -0.39 is 0 Å². The van der Waals surface area contributed by atoms with E-state index in [0.29, 0.717) is 12.8 Å². The molecule has 1 atom stereocenters. The number of nitrogens with one attached hydrogen (secondary N) is 1. The van der Waals surface area contributed by atoms with Gasteiger partial charge in [0.2, 0.25) is 5.91 Å². The summed E-state index contributed by atoms with van der Waals surface area (Å²) in [5.41, 5.74) is 4.08. The Balaban J connectivity index is 1.84. The van der Waals surface area contributed by atoms with E-state index in [4.69, 9.17) is 0 Å². The standard InChI is InChI=1S/C21H26N2O2/c1-15-12-16(2)14-18(13-15)22-21(25)20(17-6-4-3-5-7-17)23-10-8-19(24)9-11-23/h3-7,12-14,19-20,24H,8-11H2,1-2H3,(H,22,25). The predicted molar refractivity (Wildman–Crippen MR) is 101 cm³/mol. The van der Waals surface area contributed by atoms with Gasteiger partial charge < -0.3 is 10.4 Å². The van der Waals surface area contributed by atoms with Crippen LogP contribution >= 0.6 is 0 Å². The fraction of sp³-hybridized carbons (Fsp3) is 0.381. The molecule has 1 aliphatic rings. The molecule has 25 heavy (non-hydrogen) atoms. The number of likely N-dealkylation sites (tertiary alicyclic amines) is 1. The monoisotopic (exact) mass is 338 g/mol. The number of piperidine rings is 1. The zero-order valence-electron chi connectivity index (χ0n) is 14.9. The fourth-order valence-electron chi connectivity index (χ4n) is 3.56. The molecule has 4 heteroatoms. The van der Waals surface area contributed by atoms with Crippen molar-refractivity contribution < 1.29 is 9.90 Å². The molecule has 1 fully saturated rings. The second kappa shape index (κ2) is 7.81. The number of hydrogen-bond acceptors (Lipinski definition) is 3. The SMILES string of the molecule is Cc1cc(C)cc(NC(=O)C(c2ccccc2)N2CCC(O)CC2)c1. The molecule has 3 rings (SSSR count). The Morgan fingerprint density at radius 1 is 1.08 bits per heavy atom. The highest BCUT2D eigenvalue weighted by Gasteiger charge is 2.30. The number of amides is 1. The van der Waals surface area contributed by atoms with Crippen molar-refractivity contribution in [3.63, 3.8) is 0 Å². The lowest BCUT2D eigenvalue weighted by atomic mass is 9.99. The molecular formula is C21H26N2O2. The summed E-state index contributed by atoms with van der Waals surface area (Å²) < 4.78 is 0. The molecule has 1 saturated heterocycles. The first kappa shape index (κ1) is 17.6. The summed E-state index contributed by atoms with van der Waals surface area (Å²) in [6, 6.07) is 15.6. The summed E-state index contributed by atoms with van der Waals surface area (Å²) in [6.45, 7) is 5.51. The van der Waals surface area contributed by atoms with Crippen molar-refractivity contribution in [1.29, 1.82) is 0 Å². The largest absolute Gasteiger partial charge is 0.393 e. The van der Waals surface area contributed by atoms with Crippen LogP contribution in [0.4, 0.5) is 5.69 Å². The Bertz CT molecular complexity index is 702. The Morgan fingerprint density at radius 3 is 2.28 bits per heavy atom. The first-order valence-corrected chi connectivity index (χ1v) is 8.89. The molecule has 0 spiro atoms. The van der Waals surface area contributed by atoms with Gasteiger partial charge in [0.25, 0.3) is 0 Å². The number of aliphatic hydroxyl groups is 1. The summed E-state index contributed by atoms with van der Waals surface area (Å²) in [6.07, 6.45) is 1.16. The number of carbonyl (C=O) groups excluding carboxylic acids is 1. The minimum Gasteiger partial charge on any atom is -0.393 e. The summed E-state index contributed by atoms with van der Waals surface area (Å²) in [5, 5.41) is 12.9. The van der Waals surface area contributed by atoms with Crippen LogP contribution in [0, 0.1) is 13.8 Å². The molecule has 132 valence electrons. The van der Waals surface area contributed by atoms with Crippen molar-refractivity contribution in [2.24, 2.45) is 0 Å². The lowest BCUT2D eigenvalue weighted by Gasteiger charge is -2.35. The third-order valence-corrected chi connectivity index (χ3v) is 4.72. The van der Waals surface area contributed by atoms with Crippen molar-refractivity contribution in [2.45, 2.75) is 38.8 Å². The van der Waals surface area contributed by atoms with Crippen LogP contribution in [0.1, 0.15) is 35.6 Å². The molecule has 0 aliphatic carbocycles. The highest BCUT2D eigenvalue weighted by atomic mass is 16.3. The number of anilines is 1. The smallest absolute Gasteiger partial charge is 0.246 e. The quantitative estimate of drug-likeness (QED) is 0.898. The molecule has 2 aromatic rings. The van der Waals surface area contributed by atoms with Crippen LogP contribution in [-0.2, 0) is 4.79 Å². The maximum Gasteiger partial charge on any atom is 0.246 e. The number of nitrogens with zero attached hydrogens (tertiary/aromatic N) is 1. The van der Waals surface area contributed by atoms with Crippen molar-refractivity contribution in [1.82, 2.24) is 4.90 Å². The summed E-state index contributed by atoms with van der Waals surface area (Å²) in [7, 11) is 0. The van der Waals surface area contributed by atoms with Crippen LogP contribution in [-0.4, -0.2) is 35.1 Å². The molecule has 0 aromatic heterocycles. The molecule has 1 heterocycles. The Morgan fingerprint density at radius 2 is 1.68 bits per heavy atom. The van der Waals surface area contributed by atoms with E-state index in [1.807, 2.05) is 56.3 Å².